The Labute approximate surface area is 110 Å². The second-order valence-electron chi connectivity index (χ2n) is 4.08. The Kier molecular flexibility index (Phi) is 3.57. The van der Waals surface area contributed by atoms with Crippen molar-refractivity contribution < 1.29 is 9.13 Å². The molecule has 1 aromatic carbocycles. The van der Waals surface area contributed by atoms with Crippen LogP contribution >= 0.6 is 11.6 Å². The van der Waals surface area contributed by atoms with Gasteiger partial charge in [0, 0.05) is 12.6 Å². The highest BCUT2D eigenvalue weighted by molar-refractivity contribution is 6.17. The van der Waals surface area contributed by atoms with E-state index >= 15 is 0 Å². The molecule has 0 fully saturated rings. The molecule has 3 nitrogen and oxygen atoms in total. The minimum absolute atomic E-state index is 0.0698. The first-order chi connectivity index (χ1) is 8.54. The van der Waals surface area contributed by atoms with Gasteiger partial charge in [-0.25, -0.2) is 4.39 Å². The molecular formula is C13H14ClFN2O. The number of nitrogens with zero attached hydrogens (tertiary/aromatic N) is 2. The van der Waals surface area contributed by atoms with E-state index < -0.39 is 0 Å². The Morgan fingerprint density at radius 3 is 2.67 bits per heavy atom. The van der Waals surface area contributed by atoms with Gasteiger partial charge in [-0.05, 0) is 26.0 Å². The van der Waals surface area contributed by atoms with Gasteiger partial charge in [-0.1, -0.05) is 6.07 Å². The van der Waals surface area contributed by atoms with Crippen molar-refractivity contribution in [3.8, 4) is 11.5 Å². The molecule has 1 heterocycles. The van der Waals surface area contributed by atoms with E-state index in [4.69, 9.17) is 16.3 Å². The van der Waals surface area contributed by atoms with Crippen LogP contribution in [-0.4, -0.2) is 9.78 Å². The second-order valence-corrected chi connectivity index (χ2v) is 4.34. The fraction of sp³-hybridized carbons (Fsp3) is 0.308. The monoisotopic (exact) mass is 268 g/mol. The van der Waals surface area contributed by atoms with Gasteiger partial charge in [-0.3, -0.25) is 4.68 Å². The van der Waals surface area contributed by atoms with Crippen molar-refractivity contribution in [2.75, 3.05) is 0 Å². The van der Waals surface area contributed by atoms with Crippen molar-refractivity contribution in [2.24, 2.45) is 7.05 Å². The molecule has 1 aromatic heterocycles. The standard InChI is InChI=1S/C13H14ClFN2O/c1-8-13(9(2)17(3)16-8)18-12-6-4-5-11(15)10(12)7-14/h4-6H,7H2,1-3H3. The molecule has 0 unspecified atom stereocenters. The number of aryl methyl sites for hydroxylation is 2. The fourth-order valence-electron chi connectivity index (χ4n) is 1.78. The molecule has 0 saturated heterocycles. The molecule has 0 aliphatic carbocycles. The zero-order chi connectivity index (χ0) is 13.3. The van der Waals surface area contributed by atoms with Crippen molar-refractivity contribution >= 4 is 11.6 Å². The molecule has 2 rings (SSSR count). The number of ether oxygens (including phenoxy) is 1. The van der Waals surface area contributed by atoms with Crippen molar-refractivity contribution in [3.05, 3.63) is 41.0 Å². The van der Waals surface area contributed by atoms with Crippen LogP contribution in [0.5, 0.6) is 11.5 Å². The first-order valence-corrected chi connectivity index (χ1v) is 6.09. The topological polar surface area (TPSA) is 27.1 Å². The number of rotatable bonds is 3. The third-order valence-corrected chi connectivity index (χ3v) is 3.13. The van der Waals surface area contributed by atoms with Crippen LogP contribution in [0.4, 0.5) is 4.39 Å². The maximum Gasteiger partial charge on any atom is 0.171 e. The van der Waals surface area contributed by atoms with E-state index in [-0.39, 0.29) is 11.7 Å². The minimum Gasteiger partial charge on any atom is -0.453 e. The van der Waals surface area contributed by atoms with Gasteiger partial charge in [-0.15, -0.1) is 11.6 Å². The van der Waals surface area contributed by atoms with Crippen molar-refractivity contribution in [1.82, 2.24) is 9.78 Å². The average molecular weight is 269 g/mol. The number of alkyl halides is 1. The van der Waals surface area contributed by atoms with Gasteiger partial charge in [0.25, 0.3) is 0 Å². The number of hydrogen-bond donors (Lipinski definition) is 0. The van der Waals surface area contributed by atoms with Crippen LogP contribution in [0.1, 0.15) is 17.0 Å². The molecule has 0 aliphatic heterocycles. The number of benzene rings is 1. The maximum absolute atomic E-state index is 13.6. The summed E-state index contributed by atoms with van der Waals surface area (Å²) in [6.45, 7) is 3.75. The van der Waals surface area contributed by atoms with Crippen LogP contribution < -0.4 is 4.74 Å². The Morgan fingerprint density at radius 2 is 2.11 bits per heavy atom. The Bertz CT molecular complexity index is 581. The van der Waals surface area contributed by atoms with E-state index in [1.54, 1.807) is 16.8 Å². The van der Waals surface area contributed by atoms with E-state index in [2.05, 4.69) is 5.10 Å². The van der Waals surface area contributed by atoms with Crippen molar-refractivity contribution in [2.45, 2.75) is 19.7 Å². The van der Waals surface area contributed by atoms with Gasteiger partial charge in [0.15, 0.2) is 5.75 Å². The highest BCUT2D eigenvalue weighted by atomic mass is 35.5. The third kappa shape index (κ3) is 2.20. The van der Waals surface area contributed by atoms with Gasteiger partial charge in [-0.2, -0.15) is 5.10 Å². The molecule has 18 heavy (non-hydrogen) atoms. The van der Waals surface area contributed by atoms with Crippen LogP contribution in [-0.2, 0) is 12.9 Å². The molecule has 0 amide bonds. The lowest BCUT2D eigenvalue weighted by molar-refractivity contribution is 0.462. The normalized spacial score (nSPS) is 10.7. The first-order valence-electron chi connectivity index (χ1n) is 5.56. The summed E-state index contributed by atoms with van der Waals surface area (Å²) in [7, 11) is 1.84. The fourth-order valence-corrected chi connectivity index (χ4v) is 2.04. The lowest BCUT2D eigenvalue weighted by Crippen LogP contribution is -1.95. The molecule has 0 N–H and O–H groups in total. The van der Waals surface area contributed by atoms with E-state index in [0.717, 1.165) is 11.4 Å². The van der Waals surface area contributed by atoms with Gasteiger partial charge in [0.2, 0.25) is 0 Å². The number of aromatic nitrogens is 2. The van der Waals surface area contributed by atoms with Crippen molar-refractivity contribution in [1.29, 1.82) is 0 Å². The summed E-state index contributed by atoms with van der Waals surface area (Å²) < 4.78 is 21.1. The average Bonchev–Trinajstić information content (AvgIpc) is 2.56. The molecule has 96 valence electrons. The van der Waals surface area contributed by atoms with Gasteiger partial charge >= 0.3 is 0 Å². The van der Waals surface area contributed by atoms with E-state index in [9.17, 15) is 4.39 Å². The summed E-state index contributed by atoms with van der Waals surface area (Å²) in [5, 5.41) is 4.25. The summed E-state index contributed by atoms with van der Waals surface area (Å²) in [5.41, 5.74) is 2.01. The predicted molar refractivity (Wildman–Crippen MR) is 68.7 cm³/mol. The third-order valence-electron chi connectivity index (χ3n) is 2.86. The Morgan fingerprint density at radius 1 is 1.39 bits per heavy atom. The molecule has 0 aliphatic rings. The van der Waals surface area contributed by atoms with Crippen LogP contribution in [0.25, 0.3) is 0 Å². The molecule has 0 bridgehead atoms. The lowest BCUT2D eigenvalue weighted by atomic mass is 10.2. The largest absolute Gasteiger partial charge is 0.453 e. The molecule has 0 spiro atoms. The SMILES string of the molecule is Cc1nn(C)c(C)c1Oc1cccc(F)c1CCl. The van der Waals surface area contributed by atoms with Gasteiger partial charge in [0.05, 0.1) is 11.6 Å². The van der Waals surface area contributed by atoms with Crippen LogP contribution in [0, 0.1) is 19.7 Å². The Hall–Kier alpha value is -1.55. The van der Waals surface area contributed by atoms with E-state index in [1.807, 2.05) is 20.9 Å². The smallest absolute Gasteiger partial charge is 0.171 e. The number of halogens is 2. The first kappa shape index (κ1) is 12.9. The lowest BCUT2D eigenvalue weighted by Gasteiger charge is -2.10. The summed E-state index contributed by atoms with van der Waals surface area (Å²) in [6, 6.07) is 4.67. The van der Waals surface area contributed by atoms with E-state index in [0.29, 0.717) is 17.1 Å². The second kappa shape index (κ2) is 4.98. The maximum atomic E-state index is 13.6. The molecule has 5 heteroatoms. The quantitative estimate of drug-likeness (QED) is 0.794. The molecule has 2 aromatic rings. The van der Waals surface area contributed by atoms with Crippen LogP contribution in [0.15, 0.2) is 18.2 Å². The molecular weight excluding hydrogens is 255 g/mol. The molecule has 0 radical (unpaired) electrons. The highest BCUT2D eigenvalue weighted by Crippen LogP contribution is 2.32. The summed E-state index contributed by atoms with van der Waals surface area (Å²) in [6.07, 6.45) is 0. The minimum atomic E-state index is -0.360. The summed E-state index contributed by atoms with van der Waals surface area (Å²) in [4.78, 5) is 0. The summed E-state index contributed by atoms with van der Waals surface area (Å²) >= 11 is 5.75. The highest BCUT2D eigenvalue weighted by Gasteiger charge is 2.15. The van der Waals surface area contributed by atoms with E-state index in [1.165, 1.54) is 6.07 Å². The summed E-state index contributed by atoms with van der Waals surface area (Å²) in [5.74, 6) is 0.792. The zero-order valence-electron chi connectivity index (χ0n) is 10.5. The predicted octanol–water partition coefficient (Wildman–Crippen LogP) is 3.71. The number of hydrogen-bond acceptors (Lipinski definition) is 2. The Balaban J connectivity index is 2.43. The van der Waals surface area contributed by atoms with Crippen LogP contribution in [0.2, 0.25) is 0 Å². The molecule has 0 atom stereocenters. The van der Waals surface area contributed by atoms with Gasteiger partial charge < -0.3 is 4.74 Å². The van der Waals surface area contributed by atoms with Crippen LogP contribution in [0.3, 0.4) is 0 Å². The molecule has 0 saturated carbocycles. The zero-order valence-corrected chi connectivity index (χ0v) is 11.3. The van der Waals surface area contributed by atoms with Gasteiger partial charge in [0.1, 0.15) is 17.3 Å². The van der Waals surface area contributed by atoms with Crippen molar-refractivity contribution in [3.63, 3.8) is 0 Å².